The highest BCUT2D eigenvalue weighted by Crippen LogP contribution is 2.34. The summed E-state index contributed by atoms with van der Waals surface area (Å²) < 4.78 is 6.63. The lowest BCUT2D eigenvalue weighted by atomic mass is 9.93. The molecule has 0 unspecified atom stereocenters. The van der Waals surface area contributed by atoms with Crippen LogP contribution >= 0.6 is 11.3 Å². The molecule has 0 radical (unpaired) electrons. The van der Waals surface area contributed by atoms with Gasteiger partial charge in [0.25, 0.3) is 0 Å². The van der Waals surface area contributed by atoms with Crippen molar-refractivity contribution in [3.8, 4) is 17.2 Å². The van der Waals surface area contributed by atoms with Crippen molar-refractivity contribution in [3.05, 3.63) is 59.4 Å². The Kier molecular flexibility index (Phi) is 8.39. The van der Waals surface area contributed by atoms with Crippen molar-refractivity contribution in [2.75, 3.05) is 36.9 Å². The van der Waals surface area contributed by atoms with Gasteiger partial charge in [-0.2, -0.15) is 5.26 Å². The zero-order valence-electron chi connectivity index (χ0n) is 23.3. The number of rotatable bonds is 8. The Morgan fingerprint density at radius 3 is 2.68 bits per heavy atom. The fourth-order valence-electron chi connectivity index (χ4n) is 5.68. The van der Waals surface area contributed by atoms with E-state index in [4.69, 9.17) is 14.7 Å². The van der Waals surface area contributed by atoms with Gasteiger partial charge in [-0.15, -0.1) is 0 Å². The van der Waals surface area contributed by atoms with E-state index in [1.165, 1.54) is 11.1 Å². The lowest BCUT2D eigenvalue weighted by Gasteiger charge is -2.30. The Hall–Kier alpha value is -3.62. The van der Waals surface area contributed by atoms with E-state index in [0.717, 1.165) is 103 Å². The lowest BCUT2D eigenvalue weighted by molar-refractivity contribution is 0.0341. The van der Waals surface area contributed by atoms with Crippen molar-refractivity contribution in [3.63, 3.8) is 0 Å². The van der Waals surface area contributed by atoms with E-state index in [9.17, 15) is 10.4 Å². The van der Waals surface area contributed by atoms with E-state index < -0.39 is 0 Å². The monoisotopic (exact) mass is 569 g/mol. The summed E-state index contributed by atoms with van der Waals surface area (Å²) in [6, 6.07) is 12.6. The molecule has 10 heteroatoms. The van der Waals surface area contributed by atoms with E-state index in [-0.39, 0.29) is 6.10 Å². The number of nitrogens with one attached hydrogen (secondary N) is 2. The first-order valence-corrected chi connectivity index (χ1v) is 15.2. The van der Waals surface area contributed by atoms with Crippen LogP contribution in [-0.4, -0.2) is 63.4 Å². The van der Waals surface area contributed by atoms with E-state index >= 15 is 0 Å². The first kappa shape index (κ1) is 27.5. The highest BCUT2D eigenvalue weighted by molar-refractivity contribution is 7.22. The summed E-state index contributed by atoms with van der Waals surface area (Å²) in [6.45, 7) is 6.40. The van der Waals surface area contributed by atoms with Crippen LogP contribution in [0.3, 0.4) is 0 Å². The van der Waals surface area contributed by atoms with Crippen LogP contribution in [0.5, 0.6) is 0 Å². The van der Waals surface area contributed by atoms with Crippen molar-refractivity contribution in [2.24, 2.45) is 0 Å². The highest BCUT2D eigenvalue weighted by Gasteiger charge is 2.23. The van der Waals surface area contributed by atoms with Gasteiger partial charge in [0.15, 0.2) is 5.13 Å². The smallest absolute Gasteiger partial charge is 0.189 e. The number of aliphatic hydroxyl groups excluding tert-OH is 1. The number of pyridine rings is 2. The van der Waals surface area contributed by atoms with E-state index in [2.05, 4.69) is 45.6 Å². The number of aliphatic hydroxyl groups is 1. The number of morpholine rings is 1. The lowest BCUT2D eigenvalue weighted by Crippen LogP contribution is -2.36. The number of nitriles is 1. The van der Waals surface area contributed by atoms with Gasteiger partial charge in [0.1, 0.15) is 17.7 Å². The molecular formula is C31H35N7O2S. The molecule has 4 heterocycles. The molecule has 9 nitrogen and oxygen atoms in total. The zero-order chi connectivity index (χ0) is 28.2. The van der Waals surface area contributed by atoms with Crippen LogP contribution in [0.15, 0.2) is 42.7 Å². The maximum absolute atomic E-state index is 10.0. The van der Waals surface area contributed by atoms with Crippen LogP contribution in [0.1, 0.15) is 49.3 Å². The van der Waals surface area contributed by atoms with Gasteiger partial charge < -0.3 is 20.5 Å². The fourth-order valence-corrected chi connectivity index (χ4v) is 6.60. The third-order valence-corrected chi connectivity index (χ3v) is 8.86. The third kappa shape index (κ3) is 6.49. The molecule has 1 aliphatic heterocycles. The molecule has 1 aliphatic carbocycles. The first-order valence-electron chi connectivity index (χ1n) is 14.4. The number of aromatic nitrogens is 3. The molecule has 1 aromatic carbocycles. The number of hydrogen-bond acceptors (Lipinski definition) is 10. The molecule has 6 rings (SSSR count). The Balaban J connectivity index is 1.30. The minimum atomic E-state index is -0.192. The molecule has 2 aliphatic rings. The van der Waals surface area contributed by atoms with Gasteiger partial charge in [0.05, 0.1) is 35.1 Å². The second-order valence-electron chi connectivity index (χ2n) is 10.8. The second kappa shape index (κ2) is 12.5. The minimum absolute atomic E-state index is 0.192. The molecule has 0 bridgehead atoms. The average molecular weight is 570 g/mol. The Bertz CT molecular complexity index is 1550. The zero-order valence-corrected chi connectivity index (χ0v) is 24.1. The van der Waals surface area contributed by atoms with E-state index in [1.54, 1.807) is 23.7 Å². The van der Waals surface area contributed by atoms with Crippen LogP contribution in [0.4, 0.5) is 16.8 Å². The van der Waals surface area contributed by atoms with Crippen LogP contribution in [0.2, 0.25) is 0 Å². The summed E-state index contributed by atoms with van der Waals surface area (Å²) in [4.78, 5) is 16.6. The van der Waals surface area contributed by atoms with E-state index in [0.29, 0.717) is 11.6 Å². The molecule has 0 atom stereocenters. The number of thiazole rings is 1. The molecule has 2 fully saturated rings. The summed E-state index contributed by atoms with van der Waals surface area (Å²) in [5, 5.41) is 27.3. The summed E-state index contributed by atoms with van der Waals surface area (Å²) in [5.74, 6) is 1.70. The molecule has 41 heavy (non-hydrogen) atoms. The Morgan fingerprint density at radius 1 is 1.07 bits per heavy atom. The number of hydrogen-bond donors (Lipinski definition) is 3. The number of ether oxygens (including phenoxy) is 1. The van der Waals surface area contributed by atoms with Gasteiger partial charge in [0.2, 0.25) is 0 Å². The Labute approximate surface area is 244 Å². The standard InChI is InChI=1S/C31H35N7O2S/c1-2-26-23(19-38-9-11-40-12-10-38)15-29(36-30(26)34-24-4-6-25(39)7-5-24)37-31-35-27-8-3-21(14-28(27)41-31)22-13-20(16-32)17-33-18-22/h3,8,13-15,17-18,24-25,39H,2,4-7,9-12,19H2,1H3,(H2,34,35,36,37). The molecule has 212 valence electrons. The van der Waals surface area contributed by atoms with Crippen LogP contribution in [0, 0.1) is 11.3 Å². The first-order chi connectivity index (χ1) is 20.1. The van der Waals surface area contributed by atoms with Crippen molar-refractivity contribution < 1.29 is 9.84 Å². The molecule has 0 spiro atoms. The Morgan fingerprint density at radius 2 is 1.90 bits per heavy atom. The molecule has 1 saturated heterocycles. The van der Waals surface area contributed by atoms with Crippen LogP contribution in [-0.2, 0) is 17.7 Å². The summed E-state index contributed by atoms with van der Waals surface area (Å²) in [6.07, 6.45) is 7.56. The summed E-state index contributed by atoms with van der Waals surface area (Å²) in [7, 11) is 0. The number of fused-ring (bicyclic) bond motifs is 1. The minimum Gasteiger partial charge on any atom is -0.393 e. The quantitative estimate of drug-likeness (QED) is 0.253. The SMILES string of the molecule is CCc1c(CN2CCOCC2)cc(Nc2nc3ccc(-c4cncc(C#N)c4)cc3s2)nc1NC1CCC(O)CC1. The predicted molar refractivity (Wildman–Crippen MR) is 162 cm³/mol. The fraction of sp³-hybridized carbons (Fsp3) is 0.419. The normalized spacial score (nSPS) is 19.6. The maximum Gasteiger partial charge on any atom is 0.189 e. The third-order valence-electron chi connectivity index (χ3n) is 7.93. The second-order valence-corrected chi connectivity index (χ2v) is 11.8. The molecule has 1 saturated carbocycles. The maximum atomic E-state index is 10.0. The van der Waals surface area contributed by atoms with Gasteiger partial charge >= 0.3 is 0 Å². The van der Waals surface area contributed by atoms with Gasteiger partial charge in [-0.25, -0.2) is 9.97 Å². The van der Waals surface area contributed by atoms with Crippen molar-refractivity contribution in [2.45, 2.75) is 57.7 Å². The molecular weight excluding hydrogens is 534 g/mol. The van der Waals surface area contributed by atoms with E-state index in [1.807, 2.05) is 18.2 Å². The number of anilines is 3. The van der Waals surface area contributed by atoms with Gasteiger partial charge in [-0.05, 0) is 73.1 Å². The van der Waals surface area contributed by atoms with Gasteiger partial charge in [-0.1, -0.05) is 24.3 Å². The van der Waals surface area contributed by atoms with Crippen LogP contribution < -0.4 is 10.6 Å². The van der Waals surface area contributed by atoms with Crippen molar-refractivity contribution in [1.29, 1.82) is 5.26 Å². The van der Waals surface area contributed by atoms with Gasteiger partial charge in [0, 0.05) is 43.6 Å². The molecule has 0 amide bonds. The largest absolute Gasteiger partial charge is 0.393 e. The summed E-state index contributed by atoms with van der Waals surface area (Å²) >= 11 is 1.58. The molecule has 4 aromatic rings. The van der Waals surface area contributed by atoms with Crippen molar-refractivity contribution in [1.82, 2.24) is 19.9 Å². The number of nitrogens with zero attached hydrogens (tertiary/aromatic N) is 5. The average Bonchev–Trinajstić information content (AvgIpc) is 3.40. The van der Waals surface area contributed by atoms with Crippen LogP contribution in [0.25, 0.3) is 21.3 Å². The number of benzene rings is 1. The molecule has 3 aromatic heterocycles. The van der Waals surface area contributed by atoms with Crippen molar-refractivity contribution >= 4 is 38.3 Å². The van der Waals surface area contributed by atoms with Gasteiger partial charge in [-0.3, -0.25) is 9.88 Å². The summed E-state index contributed by atoms with van der Waals surface area (Å²) in [5.41, 5.74) is 5.86. The highest BCUT2D eigenvalue weighted by atomic mass is 32.1. The predicted octanol–water partition coefficient (Wildman–Crippen LogP) is 5.48. The molecule has 3 N–H and O–H groups in total. The topological polar surface area (TPSA) is 119 Å².